The van der Waals surface area contributed by atoms with E-state index in [0.29, 0.717) is 35.3 Å². The van der Waals surface area contributed by atoms with Crippen molar-refractivity contribution in [3.63, 3.8) is 0 Å². The van der Waals surface area contributed by atoms with Gasteiger partial charge >= 0.3 is 0 Å². The number of benzene rings is 2. The molecule has 4 rings (SSSR count). The molecular weight excluding hydrogens is 435 g/mol. The van der Waals surface area contributed by atoms with Crippen molar-refractivity contribution < 1.29 is 14.9 Å². The summed E-state index contributed by atoms with van der Waals surface area (Å²) in [5, 5.41) is 26.9. The number of aromatic nitrogens is 1. The van der Waals surface area contributed by atoms with Crippen LogP contribution in [0.5, 0.6) is 5.88 Å². The highest BCUT2D eigenvalue weighted by Crippen LogP contribution is 2.45. The molecule has 7 heteroatoms. The molecule has 3 N–H and O–H groups in total. The molecule has 3 unspecified atom stereocenters. The third-order valence-corrected chi connectivity index (χ3v) is 6.31. The average Bonchev–Trinajstić information content (AvgIpc) is 2.74. The average molecular weight is 463 g/mol. The van der Waals surface area contributed by atoms with Gasteiger partial charge in [-0.2, -0.15) is 0 Å². The van der Waals surface area contributed by atoms with Crippen LogP contribution in [0, 0.1) is 0 Å². The van der Waals surface area contributed by atoms with Crippen molar-refractivity contribution >= 4 is 34.1 Å². The van der Waals surface area contributed by atoms with Gasteiger partial charge in [0.15, 0.2) is 0 Å². The SMILES string of the molecule is C.COc1nc2ccc(Cl)cc2cc1C(c1ccc(Cl)cc1)C1(O)CCNC(CO)C1. The number of halogens is 2. The normalized spacial score (nSPS) is 22.0. The molecule has 3 aromatic rings. The molecule has 1 aromatic heterocycles. The van der Waals surface area contributed by atoms with E-state index in [1.54, 1.807) is 13.2 Å². The monoisotopic (exact) mass is 462 g/mol. The lowest BCUT2D eigenvalue weighted by atomic mass is 9.71. The summed E-state index contributed by atoms with van der Waals surface area (Å²) in [4.78, 5) is 4.68. The van der Waals surface area contributed by atoms with Crippen LogP contribution >= 0.6 is 23.2 Å². The first kappa shape index (κ1) is 23.8. The van der Waals surface area contributed by atoms with Crippen LogP contribution in [0.25, 0.3) is 10.9 Å². The predicted molar refractivity (Wildman–Crippen MR) is 126 cm³/mol. The molecule has 0 amide bonds. The summed E-state index contributed by atoms with van der Waals surface area (Å²) >= 11 is 12.3. The molecule has 2 heterocycles. The quantitative estimate of drug-likeness (QED) is 0.507. The Kier molecular flexibility index (Phi) is 7.45. The molecule has 1 aliphatic rings. The molecule has 1 saturated heterocycles. The summed E-state index contributed by atoms with van der Waals surface area (Å²) in [5.41, 5.74) is 1.34. The Morgan fingerprint density at radius 3 is 2.55 bits per heavy atom. The third-order valence-electron chi connectivity index (χ3n) is 5.83. The Hall–Kier alpha value is -1.89. The zero-order chi connectivity index (χ0) is 21.3. The summed E-state index contributed by atoms with van der Waals surface area (Å²) in [5.74, 6) is 0.0361. The fourth-order valence-electron chi connectivity index (χ4n) is 4.44. The number of ether oxygens (including phenoxy) is 1. The minimum Gasteiger partial charge on any atom is -0.481 e. The number of pyridine rings is 1. The summed E-state index contributed by atoms with van der Waals surface area (Å²) in [7, 11) is 1.58. The van der Waals surface area contributed by atoms with E-state index in [4.69, 9.17) is 27.9 Å². The van der Waals surface area contributed by atoms with E-state index < -0.39 is 11.5 Å². The van der Waals surface area contributed by atoms with E-state index in [1.807, 2.05) is 42.5 Å². The smallest absolute Gasteiger partial charge is 0.217 e. The first-order valence-corrected chi connectivity index (χ1v) is 10.7. The number of aliphatic hydroxyl groups excluding tert-OH is 1. The van der Waals surface area contributed by atoms with Crippen LogP contribution in [0.4, 0.5) is 0 Å². The van der Waals surface area contributed by atoms with Crippen LogP contribution in [0.2, 0.25) is 10.0 Å². The second-order valence-electron chi connectivity index (χ2n) is 7.80. The molecule has 2 aromatic carbocycles. The molecule has 1 aliphatic heterocycles. The molecule has 0 spiro atoms. The number of hydrogen-bond donors (Lipinski definition) is 3. The Labute approximate surface area is 193 Å². The second kappa shape index (κ2) is 9.72. The Balaban J connectivity index is 0.00000272. The summed E-state index contributed by atoms with van der Waals surface area (Å²) in [6.07, 6.45) is 0.918. The highest BCUT2D eigenvalue weighted by Gasteiger charge is 2.44. The van der Waals surface area contributed by atoms with Crippen molar-refractivity contribution in [2.24, 2.45) is 0 Å². The van der Waals surface area contributed by atoms with E-state index in [0.717, 1.165) is 22.0 Å². The topological polar surface area (TPSA) is 74.6 Å². The van der Waals surface area contributed by atoms with E-state index in [1.165, 1.54) is 0 Å². The van der Waals surface area contributed by atoms with Crippen molar-refractivity contribution in [2.45, 2.75) is 37.8 Å². The maximum Gasteiger partial charge on any atom is 0.217 e. The summed E-state index contributed by atoms with van der Waals surface area (Å²) in [6, 6.07) is 14.8. The van der Waals surface area contributed by atoms with Gasteiger partial charge in [0.2, 0.25) is 5.88 Å². The van der Waals surface area contributed by atoms with Gasteiger partial charge < -0.3 is 20.3 Å². The molecule has 1 fully saturated rings. The largest absolute Gasteiger partial charge is 0.481 e. The molecule has 0 saturated carbocycles. The zero-order valence-electron chi connectivity index (χ0n) is 16.6. The van der Waals surface area contributed by atoms with Crippen LogP contribution in [-0.2, 0) is 0 Å². The van der Waals surface area contributed by atoms with Gasteiger partial charge in [-0.1, -0.05) is 42.8 Å². The number of fused-ring (bicyclic) bond motifs is 1. The summed E-state index contributed by atoms with van der Waals surface area (Å²) < 4.78 is 5.65. The molecule has 0 aliphatic carbocycles. The van der Waals surface area contributed by atoms with Gasteiger partial charge in [-0.25, -0.2) is 4.98 Å². The van der Waals surface area contributed by atoms with Gasteiger partial charge in [-0.3, -0.25) is 0 Å². The van der Waals surface area contributed by atoms with Gasteiger partial charge in [-0.15, -0.1) is 0 Å². The fraction of sp³-hybridized carbons (Fsp3) is 0.375. The molecular formula is C24H28Cl2N2O3. The van der Waals surface area contributed by atoms with Gasteiger partial charge in [0.25, 0.3) is 0 Å². The van der Waals surface area contributed by atoms with E-state index >= 15 is 0 Å². The number of piperidine rings is 1. The highest BCUT2D eigenvalue weighted by atomic mass is 35.5. The minimum atomic E-state index is -1.10. The standard InChI is InChI=1S/C23H24Cl2N2O3.CH4/c1-30-22-19(11-15-10-17(25)6-7-20(15)27-22)21(14-2-4-16(24)5-3-14)23(29)8-9-26-18(12-23)13-28;/h2-7,10-11,18,21,26,28-29H,8-9,12-13H2,1H3;1H4. The lowest BCUT2D eigenvalue weighted by Gasteiger charge is -2.43. The summed E-state index contributed by atoms with van der Waals surface area (Å²) in [6.45, 7) is 0.555. The van der Waals surface area contributed by atoms with Crippen LogP contribution < -0.4 is 10.1 Å². The van der Waals surface area contributed by atoms with Crippen LogP contribution in [0.3, 0.4) is 0 Å². The fourth-order valence-corrected chi connectivity index (χ4v) is 4.74. The molecule has 0 bridgehead atoms. The van der Waals surface area contributed by atoms with Gasteiger partial charge in [-0.05, 0) is 61.3 Å². The van der Waals surface area contributed by atoms with Crippen LogP contribution in [0.1, 0.15) is 37.3 Å². The molecule has 5 nitrogen and oxygen atoms in total. The van der Waals surface area contributed by atoms with E-state index in [-0.39, 0.29) is 20.1 Å². The number of hydrogen-bond acceptors (Lipinski definition) is 5. The zero-order valence-corrected chi connectivity index (χ0v) is 18.1. The third kappa shape index (κ3) is 4.81. The Morgan fingerprint density at radius 1 is 1.16 bits per heavy atom. The van der Waals surface area contributed by atoms with E-state index in [2.05, 4.69) is 10.3 Å². The number of nitrogens with zero attached hydrogens (tertiary/aromatic N) is 1. The van der Waals surface area contributed by atoms with Crippen LogP contribution in [-0.4, -0.2) is 47.1 Å². The first-order chi connectivity index (χ1) is 14.4. The molecule has 3 atom stereocenters. The van der Waals surface area contributed by atoms with Crippen molar-refractivity contribution in [3.8, 4) is 5.88 Å². The lowest BCUT2D eigenvalue weighted by Crippen LogP contribution is -2.52. The first-order valence-electron chi connectivity index (χ1n) is 9.90. The number of aliphatic hydroxyl groups is 2. The van der Waals surface area contributed by atoms with Gasteiger partial charge in [0.05, 0.1) is 24.8 Å². The molecule has 0 radical (unpaired) electrons. The Morgan fingerprint density at radius 2 is 1.87 bits per heavy atom. The van der Waals surface area contributed by atoms with Crippen molar-refractivity contribution in [1.82, 2.24) is 10.3 Å². The lowest BCUT2D eigenvalue weighted by molar-refractivity contribution is -0.0261. The van der Waals surface area contributed by atoms with Crippen molar-refractivity contribution in [2.75, 3.05) is 20.3 Å². The van der Waals surface area contributed by atoms with E-state index in [9.17, 15) is 10.2 Å². The van der Waals surface area contributed by atoms with Gasteiger partial charge in [0.1, 0.15) is 0 Å². The van der Waals surface area contributed by atoms with Gasteiger partial charge in [0, 0.05) is 33.0 Å². The second-order valence-corrected chi connectivity index (χ2v) is 8.67. The molecule has 31 heavy (non-hydrogen) atoms. The number of rotatable bonds is 5. The van der Waals surface area contributed by atoms with Crippen molar-refractivity contribution in [3.05, 3.63) is 69.7 Å². The van der Waals surface area contributed by atoms with Crippen molar-refractivity contribution in [1.29, 1.82) is 0 Å². The minimum absolute atomic E-state index is 0. The Bertz CT molecular complexity index is 1040. The molecule has 166 valence electrons. The maximum absolute atomic E-state index is 11.9. The van der Waals surface area contributed by atoms with Crippen LogP contribution in [0.15, 0.2) is 48.5 Å². The number of methoxy groups -OCH3 is 1. The highest BCUT2D eigenvalue weighted by molar-refractivity contribution is 6.31. The maximum atomic E-state index is 11.9. The predicted octanol–water partition coefficient (Wildman–Crippen LogP) is 4.79. The number of nitrogens with one attached hydrogen (secondary N) is 1.